The molecule has 56 valence electrons. The number of nitrogens with zero attached hydrogens (tertiary/aromatic N) is 1. The van der Waals surface area contributed by atoms with Gasteiger partial charge in [0, 0.05) is 11.9 Å². The molecule has 1 heterocycles. The summed E-state index contributed by atoms with van der Waals surface area (Å²) < 4.78 is 0. The van der Waals surface area contributed by atoms with Crippen molar-refractivity contribution in [2.75, 3.05) is 6.54 Å². The molecule has 10 heavy (non-hydrogen) atoms. The third kappa shape index (κ3) is 1.53. The zero-order valence-corrected chi connectivity index (χ0v) is 6.56. The molecular formula is C6H10N2OS. The Morgan fingerprint density at radius 1 is 1.90 bits per heavy atom. The van der Waals surface area contributed by atoms with Gasteiger partial charge in [-0.2, -0.15) is 0 Å². The molecule has 0 bridgehead atoms. The van der Waals surface area contributed by atoms with Crippen molar-refractivity contribution < 1.29 is 5.11 Å². The standard InChI is InChI=1S/C6H10N2OS/c1-4-8-5(3-10-4)6(9)2-7/h3,6,9H,2,7H2,1H3. The summed E-state index contributed by atoms with van der Waals surface area (Å²) in [6.45, 7) is 2.14. The molecular weight excluding hydrogens is 148 g/mol. The molecule has 0 aliphatic rings. The number of hydrogen-bond acceptors (Lipinski definition) is 4. The summed E-state index contributed by atoms with van der Waals surface area (Å²) in [5.41, 5.74) is 5.91. The molecule has 1 rings (SSSR count). The van der Waals surface area contributed by atoms with Gasteiger partial charge in [-0.15, -0.1) is 11.3 Å². The van der Waals surface area contributed by atoms with Crippen molar-refractivity contribution in [3.05, 3.63) is 16.1 Å². The zero-order chi connectivity index (χ0) is 7.56. The van der Waals surface area contributed by atoms with Crippen LogP contribution in [0.2, 0.25) is 0 Å². The van der Waals surface area contributed by atoms with E-state index in [1.54, 1.807) is 0 Å². The zero-order valence-electron chi connectivity index (χ0n) is 5.74. The van der Waals surface area contributed by atoms with Gasteiger partial charge in [0.1, 0.15) is 6.10 Å². The Balaban J connectivity index is 2.74. The summed E-state index contributed by atoms with van der Waals surface area (Å²) in [6, 6.07) is 0. The maximum absolute atomic E-state index is 9.16. The van der Waals surface area contributed by atoms with Crippen molar-refractivity contribution in [2.24, 2.45) is 5.73 Å². The van der Waals surface area contributed by atoms with Gasteiger partial charge in [-0.1, -0.05) is 0 Å². The maximum Gasteiger partial charge on any atom is 0.109 e. The van der Waals surface area contributed by atoms with Crippen LogP contribution in [0.5, 0.6) is 0 Å². The monoisotopic (exact) mass is 158 g/mol. The first-order chi connectivity index (χ1) is 4.74. The van der Waals surface area contributed by atoms with Crippen LogP contribution in [0.1, 0.15) is 16.8 Å². The number of hydrogen-bond donors (Lipinski definition) is 2. The highest BCUT2D eigenvalue weighted by atomic mass is 32.1. The second kappa shape index (κ2) is 3.09. The first-order valence-electron chi connectivity index (χ1n) is 3.04. The molecule has 0 aromatic carbocycles. The molecule has 1 unspecified atom stereocenters. The Labute approximate surface area is 63.5 Å². The minimum Gasteiger partial charge on any atom is -0.385 e. The molecule has 0 saturated carbocycles. The predicted molar refractivity (Wildman–Crippen MR) is 40.9 cm³/mol. The molecule has 3 nitrogen and oxygen atoms in total. The van der Waals surface area contributed by atoms with Crippen molar-refractivity contribution in [3.8, 4) is 0 Å². The van der Waals surface area contributed by atoms with Crippen LogP contribution < -0.4 is 5.73 Å². The smallest absolute Gasteiger partial charge is 0.109 e. The number of aliphatic hydroxyl groups is 1. The lowest BCUT2D eigenvalue weighted by Crippen LogP contribution is -2.11. The Morgan fingerprint density at radius 2 is 2.60 bits per heavy atom. The van der Waals surface area contributed by atoms with E-state index in [1.165, 1.54) is 11.3 Å². The molecule has 0 saturated heterocycles. The number of aliphatic hydroxyl groups excluding tert-OH is 1. The topological polar surface area (TPSA) is 59.1 Å². The molecule has 0 aliphatic carbocycles. The van der Waals surface area contributed by atoms with Gasteiger partial charge < -0.3 is 10.8 Å². The minimum atomic E-state index is -0.593. The fourth-order valence-corrected chi connectivity index (χ4v) is 1.31. The van der Waals surface area contributed by atoms with Crippen LogP contribution in [-0.2, 0) is 0 Å². The van der Waals surface area contributed by atoms with E-state index in [9.17, 15) is 0 Å². The minimum absolute atomic E-state index is 0.239. The molecule has 3 N–H and O–H groups in total. The molecule has 0 spiro atoms. The van der Waals surface area contributed by atoms with Gasteiger partial charge in [0.2, 0.25) is 0 Å². The van der Waals surface area contributed by atoms with Gasteiger partial charge in [0.05, 0.1) is 10.7 Å². The first-order valence-corrected chi connectivity index (χ1v) is 3.92. The lowest BCUT2D eigenvalue weighted by atomic mass is 10.3. The molecule has 0 aliphatic heterocycles. The predicted octanol–water partition coefficient (Wildman–Crippen LogP) is 0.444. The van der Waals surface area contributed by atoms with E-state index < -0.39 is 6.10 Å². The highest BCUT2D eigenvalue weighted by Gasteiger charge is 2.06. The van der Waals surface area contributed by atoms with E-state index in [0.29, 0.717) is 5.69 Å². The maximum atomic E-state index is 9.16. The van der Waals surface area contributed by atoms with Gasteiger partial charge in [-0.25, -0.2) is 4.98 Å². The summed E-state index contributed by atoms with van der Waals surface area (Å²) in [5.74, 6) is 0. The molecule has 0 fully saturated rings. The number of aryl methyl sites for hydroxylation is 1. The Morgan fingerprint density at radius 3 is 3.00 bits per heavy atom. The fraction of sp³-hybridized carbons (Fsp3) is 0.500. The average Bonchev–Trinajstić information content (AvgIpc) is 2.34. The van der Waals surface area contributed by atoms with Crippen LogP contribution in [0.4, 0.5) is 0 Å². The van der Waals surface area contributed by atoms with Crippen molar-refractivity contribution in [1.82, 2.24) is 4.98 Å². The van der Waals surface area contributed by atoms with E-state index >= 15 is 0 Å². The highest BCUT2D eigenvalue weighted by molar-refractivity contribution is 7.09. The Hall–Kier alpha value is -0.450. The Bertz CT molecular complexity index is 211. The van der Waals surface area contributed by atoms with Gasteiger partial charge in [-0.05, 0) is 6.92 Å². The van der Waals surface area contributed by atoms with Crippen LogP contribution >= 0.6 is 11.3 Å². The SMILES string of the molecule is Cc1nc(C(O)CN)cs1. The second-order valence-electron chi connectivity index (χ2n) is 2.04. The van der Waals surface area contributed by atoms with E-state index in [1.807, 2.05) is 12.3 Å². The lowest BCUT2D eigenvalue weighted by molar-refractivity contribution is 0.182. The summed E-state index contributed by atoms with van der Waals surface area (Å²) in [7, 11) is 0. The first kappa shape index (κ1) is 7.65. The van der Waals surface area contributed by atoms with Crippen molar-refractivity contribution >= 4 is 11.3 Å². The van der Waals surface area contributed by atoms with Crippen LogP contribution in [0, 0.1) is 6.92 Å². The van der Waals surface area contributed by atoms with Gasteiger partial charge >= 0.3 is 0 Å². The Kier molecular flexibility index (Phi) is 2.37. The van der Waals surface area contributed by atoms with E-state index in [4.69, 9.17) is 10.8 Å². The summed E-state index contributed by atoms with van der Waals surface area (Å²) in [5, 5.41) is 11.9. The van der Waals surface area contributed by atoms with Crippen LogP contribution in [0.3, 0.4) is 0 Å². The van der Waals surface area contributed by atoms with Crippen molar-refractivity contribution in [3.63, 3.8) is 0 Å². The van der Waals surface area contributed by atoms with E-state index in [-0.39, 0.29) is 6.54 Å². The summed E-state index contributed by atoms with van der Waals surface area (Å²) in [4.78, 5) is 4.07. The largest absolute Gasteiger partial charge is 0.385 e. The molecule has 1 aromatic rings. The van der Waals surface area contributed by atoms with Crippen molar-refractivity contribution in [2.45, 2.75) is 13.0 Å². The normalized spacial score (nSPS) is 13.5. The second-order valence-corrected chi connectivity index (χ2v) is 3.11. The fourth-order valence-electron chi connectivity index (χ4n) is 0.654. The van der Waals surface area contributed by atoms with Crippen LogP contribution in [0.15, 0.2) is 5.38 Å². The van der Waals surface area contributed by atoms with Crippen LogP contribution in [-0.4, -0.2) is 16.6 Å². The quantitative estimate of drug-likeness (QED) is 0.656. The average molecular weight is 158 g/mol. The molecule has 1 atom stereocenters. The number of nitrogens with two attached hydrogens (primary N) is 1. The van der Waals surface area contributed by atoms with Crippen LogP contribution in [0.25, 0.3) is 0 Å². The van der Waals surface area contributed by atoms with Gasteiger partial charge in [-0.3, -0.25) is 0 Å². The van der Waals surface area contributed by atoms with E-state index in [0.717, 1.165) is 5.01 Å². The summed E-state index contributed by atoms with van der Waals surface area (Å²) in [6.07, 6.45) is -0.593. The van der Waals surface area contributed by atoms with Gasteiger partial charge in [0.25, 0.3) is 0 Å². The molecule has 0 radical (unpaired) electrons. The van der Waals surface area contributed by atoms with Crippen molar-refractivity contribution in [1.29, 1.82) is 0 Å². The molecule has 1 aromatic heterocycles. The lowest BCUT2D eigenvalue weighted by Gasteiger charge is -2.00. The third-order valence-electron chi connectivity index (χ3n) is 1.20. The number of aromatic nitrogens is 1. The third-order valence-corrected chi connectivity index (χ3v) is 1.99. The number of rotatable bonds is 2. The van der Waals surface area contributed by atoms with E-state index in [2.05, 4.69) is 4.98 Å². The highest BCUT2D eigenvalue weighted by Crippen LogP contribution is 2.14. The summed E-state index contributed by atoms with van der Waals surface area (Å²) >= 11 is 1.52. The molecule has 0 amide bonds. The van der Waals surface area contributed by atoms with Gasteiger partial charge in [0.15, 0.2) is 0 Å². The molecule has 4 heteroatoms. The number of thiazole rings is 1.